The van der Waals surface area contributed by atoms with Crippen LogP contribution in [0.3, 0.4) is 0 Å². The molecule has 0 aliphatic carbocycles. The Hall–Kier alpha value is -2.16. The lowest BCUT2D eigenvalue weighted by atomic mass is 9.93. The number of nitrogen functional groups attached to an aromatic ring is 1. The Morgan fingerprint density at radius 3 is 2.30 bits per heavy atom. The predicted octanol–water partition coefficient (Wildman–Crippen LogP) is 3.71. The van der Waals surface area contributed by atoms with Crippen LogP contribution in [0.25, 0.3) is 0 Å². The quantitative estimate of drug-likeness (QED) is 0.842. The summed E-state index contributed by atoms with van der Waals surface area (Å²) in [5, 5.41) is 0. The summed E-state index contributed by atoms with van der Waals surface area (Å²) in [5.41, 5.74) is 8.32. The average Bonchev–Trinajstić information content (AvgIpc) is 2.42. The standard InChI is InChI=1S/C17H18FNO/c1-12(14-4-8-16(19)9-5-14)10-17(20)11-13-2-6-15(18)7-3-13/h2-9,12H,10-11,19H2,1H3. The second-order valence-electron chi connectivity index (χ2n) is 5.11. The van der Waals surface area contributed by atoms with Crippen LogP contribution in [-0.2, 0) is 11.2 Å². The topological polar surface area (TPSA) is 43.1 Å². The third-order valence-electron chi connectivity index (χ3n) is 3.35. The first-order valence-corrected chi connectivity index (χ1v) is 6.66. The van der Waals surface area contributed by atoms with E-state index >= 15 is 0 Å². The molecule has 20 heavy (non-hydrogen) atoms. The zero-order chi connectivity index (χ0) is 14.5. The van der Waals surface area contributed by atoms with Crippen molar-refractivity contribution in [2.45, 2.75) is 25.7 Å². The van der Waals surface area contributed by atoms with Crippen molar-refractivity contribution in [3.05, 3.63) is 65.5 Å². The molecule has 3 heteroatoms. The summed E-state index contributed by atoms with van der Waals surface area (Å²) in [6, 6.07) is 13.7. The van der Waals surface area contributed by atoms with Gasteiger partial charge in [0.1, 0.15) is 11.6 Å². The molecule has 0 heterocycles. The van der Waals surface area contributed by atoms with Crippen molar-refractivity contribution in [1.82, 2.24) is 0 Å². The zero-order valence-corrected chi connectivity index (χ0v) is 11.5. The number of ketones is 1. The highest BCUT2D eigenvalue weighted by atomic mass is 19.1. The van der Waals surface area contributed by atoms with Crippen LogP contribution in [-0.4, -0.2) is 5.78 Å². The van der Waals surface area contributed by atoms with E-state index in [9.17, 15) is 9.18 Å². The van der Waals surface area contributed by atoms with Crippen LogP contribution in [0.1, 0.15) is 30.4 Å². The van der Waals surface area contributed by atoms with Crippen molar-refractivity contribution in [2.75, 3.05) is 5.73 Å². The highest BCUT2D eigenvalue weighted by molar-refractivity contribution is 5.81. The van der Waals surface area contributed by atoms with Gasteiger partial charge >= 0.3 is 0 Å². The van der Waals surface area contributed by atoms with Crippen LogP contribution in [0.5, 0.6) is 0 Å². The Labute approximate surface area is 118 Å². The van der Waals surface area contributed by atoms with Gasteiger partial charge in [-0.05, 0) is 41.3 Å². The maximum atomic E-state index is 12.8. The second-order valence-corrected chi connectivity index (χ2v) is 5.11. The predicted molar refractivity (Wildman–Crippen MR) is 79.0 cm³/mol. The fourth-order valence-corrected chi connectivity index (χ4v) is 2.19. The van der Waals surface area contributed by atoms with Crippen LogP contribution in [0.4, 0.5) is 10.1 Å². The number of anilines is 1. The Bertz CT molecular complexity index is 575. The first-order valence-electron chi connectivity index (χ1n) is 6.66. The number of halogens is 1. The molecule has 0 aliphatic heterocycles. The fourth-order valence-electron chi connectivity index (χ4n) is 2.19. The number of hydrogen-bond acceptors (Lipinski definition) is 2. The zero-order valence-electron chi connectivity index (χ0n) is 11.5. The molecule has 0 saturated carbocycles. The highest BCUT2D eigenvalue weighted by Crippen LogP contribution is 2.21. The number of nitrogens with two attached hydrogens (primary N) is 1. The summed E-state index contributed by atoms with van der Waals surface area (Å²) >= 11 is 0. The molecule has 104 valence electrons. The minimum atomic E-state index is -0.281. The number of carbonyl (C=O) groups excluding carboxylic acids is 1. The molecule has 2 aromatic carbocycles. The van der Waals surface area contributed by atoms with Crippen molar-refractivity contribution in [2.24, 2.45) is 0 Å². The maximum absolute atomic E-state index is 12.8. The largest absolute Gasteiger partial charge is 0.399 e. The molecule has 0 aromatic heterocycles. The SMILES string of the molecule is CC(CC(=O)Cc1ccc(F)cc1)c1ccc(N)cc1. The molecule has 0 saturated heterocycles. The summed E-state index contributed by atoms with van der Waals surface area (Å²) in [7, 11) is 0. The van der Waals surface area contributed by atoms with Gasteiger partial charge < -0.3 is 5.73 Å². The molecule has 2 aromatic rings. The van der Waals surface area contributed by atoms with Gasteiger partial charge in [-0.25, -0.2) is 4.39 Å². The van der Waals surface area contributed by atoms with E-state index in [1.165, 1.54) is 12.1 Å². The monoisotopic (exact) mass is 271 g/mol. The average molecular weight is 271 g/mol. The van der Waals surface area contributed by atoms with E-state index in [4.69, 9.17) is 5.73 Å². The molecule has 2 rings (SSSR count). The lowest BCUT2D eigenvalue weighted by molar-refractivity contribution is -0.118. The van der Waals surface area contributed by atoms with Gasteiger partial charge in [0.15, 0.2) is 0 Å². The number of carbonyl (C=O) groups is 1. The van der Waals surface area contributed by atoms with E-state index in [1.807, 2.05) is 31.2 Å². The van der Waals surface area contributed by atoms with Crippen LogP contribution < -0.4 is 5.73 Å². The van der Waals surface area contributed by atoms with Crippen LogP contribution >= 0.6 is 0 Å². The molecule has 0 radical (unpaired) electrons. The van der Waals surface area contributed by atoms with Crippen molar-refractivity contribution >= 4 is 11.5 Å². The molecule has 0 aliphatic rings. The van der Waals surface area contributed by atoms with Crippen molar-refractivity contribution in [3.63, 3.8) is 0 Å². The first kappa shape index (κ1) is 14.3. The molecule has 0 bridgehead atoms. The van der Waals surface area contributed by atoms with Gasteiger partial charge in [-0.1, -0.05) is 31.2 Å². The number of hydrogen-bond donors (Lipinski definition) is 1. The summed E-state index contributed by atoms with van der Waals surface area (Å²) in [5.74, 6) is 0.0286. The van der Waals surface area contributed by atoms with Crippen molar-refractivity contribution in [1.29, 1.82) is 0 Å². The summed E-state index contributed by atoms with van der Waals surface area (Å²) in [6.45, 7) is 2.02. The van der Waals surface area contributed by atoms with Gasteiger partial charge in [-0.2, -0.15) is 0 Å². The summed E-state index contributed by atoms with van der Waals surface area (Å²) in [6.07, 6.45) is 0.820. The van der Waals surface area contributed by atoms with Gasteiger partial charge in [-0.3, -0.25) is 4.79 Å². The molecule has 2 N–H and O–H groups in total. The van der Waals surface area contributed by atoms with Gasteiger partial charge in [0.05, 0.1) is 0 Å². The Kier molecular flexibility index (Phi) is 4.51. The number of rotatable bonds is 5. The molecule has 1 unspecified atom stereocenters. The molecule has 2 nitrogen and oxygen atoms in total. The third-order valence-corrected chi connectivity index (χ3v) is 3.35. The molecule has 1 atom stereocenters. The third kappa shape index (κ3) is 3.92. The van der Waals surface area contributed by atoms with E-state index < -0.39 is 0 Å². The van der Waals surface area contributed by atoms with Gasteiger partial charge in [0.25, 0.3) is 0 Å². The summed E-state index contributed by atoms with van der Waals surface area (Å²) in [4.78, 5) is 12.0. The lowest BCUT2D eigenvalue weighted by Crippen LogP contribution is -2.07. The Morgan fingerprint density at radius 2 is 1.70 bits per heavy atom. The summed E-state index contributed by atoms with van der Waals surface area (Å²) < 4.78 is 12.8. The minimum absolute atomic E-state index is 0.154. The van der Waals surface area contributed by atoms with Crippen molar-refractivity contribution < 1.29 is 9.18 Å². The molecule has 0 amide bonds. The lowest BCUT2D eigenvalue weighted by Gasteiger charge is -2.11. The van der Waals surface area contributed by atoms with Gasteiger partial charge in [0, 0.05) is 18.5 Å². The minimum Gasteiger partial charge on any atom is -0.399 e. The first-order chi connectivity index (χ1) is 9.54. The van der Waals surface area contributed by atoms with Crippen LogP contribution in [0.15, 0.2) is 48.5 Å². The van der Waals surface area contributed by atoms with Gasteiger partial charge in [-0.15, -0.1) is 0 Å². The van der Waals surface area contributed by atoms with Crippen LogP contribution in [0.2, 0.25) is 0 Å². The van der Waals surface area contributed by atoms with Crippen molar-refractivity contribution in [3.8, 4) is 0 Å². The number of Topliss-reactive ketones (excluding diaryl/α,β-unsaturated/α-hetero) is 1. The maximum Gasteiger partial charge on any atom is 0.137 e. The fraction of sp³-hybridized carbons (Fsp3) is 0.235. The molecular weight excluding hydrogens is 253 g/mol. The highest BCUT2D eigenvalue weighted by Gasteiger charge is 2.12. The smallest absolute Gasteiger partial charge is 0.137 e. The normalized spacial score (nSPS) is 12.1. The van der Waals surface area contributed by atoms with E-state index in [-0.39, 0.29) is 17.5 Å². The molecule has 0 fully saturated rings. The van der Waals surface area contributed by atoms with E-state index in [1.54, 1.807) is 12.1 Å². The Morgan fingerprint density at radius 1 is 1.10 bits per heavy atom. The van der Waals surface area contributed by atoms with Gasteiger partial charge in [0.2, 0.25) is 0 Å². The molecule has 0 spiro atoms. The van der Waals surface area contributed by atoms with E-state index in [0.717, 1.165) is 16.8 Å². The number of benzene rings is 2. The van der Waals surface area contributed by atoms with E-state index in [0.29, 0.717) is 12.8 Å². The van der Waals surface area contributed by atoms with Crippen LogP contribution in [0, 0.1) is 5.82 Å². The second kappa shape index (κ2) is 6.33. The van der Waals surface area contributed by atoms with E-state index in [2.05, 4.69) is 0 Å². The molecular formula is C17H18FNO. The Balaban J connectivity index is 1.93.